The molecule has 1 atom stereocenters. The number of halogens is 1. The SMILES string of the molecule is COc1cccc2cc(C(=O)C3=C(O)C(=O)N(c4nc(C)c(C)s4)C3c3ccc(Cl)cc3)oc12. The highest BCUT2D eigenvalue weighted by atomic mass is 35.5. The number of aliphatic hydroxyl groups excluding tert-OH is 1. The quantitative estimate of drug-likeness (QED) is 0.344. The molecule has 1 amide bonds. The van der Waals surface area contributed by atoms with Gasteiger partial charge in [-0.1, -0.05) is 35.9 Å². The number of carbonyl (C=O) groups excluding carboxylic acids is 2. The lowest BCUT2D eigenvalue weighted by Gasteiger charge is -2.24. The number of Topliss-reactive ketones (excluding diaryl/α,β-unsaturated/α-hetero) is 1. The lowest BCUT2D eigenvalue weighted by atomic mass is 9.95. The lowest BCUT2D eigenvalue weighted by Crippen LogP contribution is -2.31. The molecule has 0 saturated carbocycles. The van der Waals surface area contributed by atoms with Gasteiger partial charge in [0.25, 0.3) is 5.91 Å². The van der Waals surface area contributed by atoms with Gasteiger partial charge in [0.15, 0.2) is 28.0 Å². The summed E-state index contributed by atoms with van der Waals surface area (Å²) >= 11 is 7.39. The number of aryl methyl sites for hydroxylation is 2. The molecule has 0 aliphatic carbocycles. The Bertz CT molecular complexity index is 1470. The Kier molecular flexibility index (Phi) is 5.42. The third-order valence-electron chi connectivity index (χ3n) is 5.81. The van der Waals surface area contributed by atoms with Gasteiger partial charge in [-0.05, 0) is 43.7 Å². The Morgan fingerprint density at radius 2 is 1.94 bits per heavy atom. The van der Waals surface area contributed by atoms with E-state index in [9.17, 15) is 14.7 Å². The summed E-state index contributed by atoms with van der Waals surface area (Å²) in [5.41, 5.74) is 1.69. The van der Waals surface area contributed by atoms with Crippen LogP contribution in [-0.2, 0) is 4.79 Å². The maximum absolute atomic E-state index is 13.7. The van der Waals surface area contributed by atoms with E-state index in [4.69, 9.17) is 20.8 Å². The molecule has 1 unspecified atom stereocenters. The van der Waals surface area contributed by atoms with Gasteiger partial charge >= 0.3 is 0 Å². The van der Waals surface area contributed by atoms with Crippen molar-refractivity contribution in [3.8, 4) is 5.75 Å². The molecule has 0 saturated heterocycles. The Balaban J connectivity index is 1.66. The fourth-order valence-electron chi connectivity index (χ4n) is 4.00. The van der Waals surface area contributed by atoms with Gasteiger partial charge in [-0.3, -0.25) is 14.5 Å². The van der Waals surface area contributed by atoms with Crippen LogP contribution >= 0.6 is 22.9 Å². The van der Waals surface area contributed by atoms with Gasteiger partial charge in [-0.2, -0.15) is 0 Å². The van der Waals surface area contributed by atoms with Gasteiger partial charge < -0.3 is 14.3 Å². The van der Waals surface area contributed by atoms with Crippen LogP contribution in [-0.4, -0.2) is 28.9 Å². The van der Waals surface area contributed by atoms with Crippen LogP contribution in [0.5, 0.6) is 5.75 Å². The Morgan fingerprint density at radius 3 is 2.59 bits per heavy atom. The molecule has 2 aromatic carbocycles. The second kappa shape index (κ2) is 8.30. The van der Waals surface area contributed by atoms with Gasteiger partial charge in [0.05, 0.1) is 24.4 Å². The molecular weight excluding hydrogens is 476 g/mol. The summed E-state index contributed by atoms with van der Waals surface area (Å²) in [6.45, 7) is 3.74. The number of carbonyl (C=O) groups is 2. The van der Waals surface area contributed by atoms with Crippen molar-refractivity contribution in [3.05, 3.63) is 86.8 Å². The van der Waals surface area contributed by atoms with E-state index in [1.807, 2.05) is 13.8 Å². The number of para-hydroxylation sites is 1. The minimum Gasteiger partial charge on any atom is -0.503 e. The number of thiazole rings is 1. The monoisotopic (exact) mass is 494 g/mol. The van der Waals surface area contributed by atoms with E-state index in [1.54, 1.807) is 48.5 Å². The van der Waals surface area contributed by atoms with E-state index < -0.39 is 23.5 Å². The molecule has 1 aliphatic rings. The molecule has 4 aromatic rings. The molecule has 172 valence electrons. The van der Waals surface area contributed by atoms with Gasteiger partial charge in [0.2, 0.25) is 5.78 Å². The van der Waals surface area contributed by atoms with E-state index in [0.29, 0.717) is 32.4 Å². The number of amides is 1. The standard InChI is InChI=1S/C25H19ClN2O5S/c1-12-13(2)34-25(27-12)28-20(14-7-9-16(26)10-8-14)19(22(30)24(28)31)21(29)18-11-15-5-4-6-17(32-3)23(15)33-18/h4-11,20,30H,1-3H3. The van der Waals surface area contributed by atoms with Crippen molar-refractivity contribution < 1.29 is 23.8 Å². The third kappa shape index (κ3) is 3.46. The predicted octanol–water partition coefficient (Wildman–Crippen LogP) is 5.95. The highest BCUT2D eigenvalue weighted by molar-refractivity contribution is 7.15. The molecule has 0 spiro atoms. The zero-order valence-corrected chi connectivity index (χ0v) is 20.0. The van der Waals surface area contributed by atoms with Gasteiger partial charge in [-0.25, -0.2) is 4.98 Å². The Morgan fingerprint density at radius 1 is 1.21 bits per heavy atom. The Hall–Kier alpha value is -3.62. The molecule has 34 heavy (non-hydrogen) atoms. The zero-order chi connectivity index (χ0) is 24.1. The molecule has 0 bridgehead atoms. The molecule has 1 N–H and O–H groups in total. The van der Waals surface area contributed by atoms with E-state index >= 15 is 0 Å². The maximum Gasteiger partial charge on any atom is 0.296 e. The number of benzene rings is 2. The summed E-state index contributed by atoms with van der Waals surface area (Å²) in [6, 6.07) is 12.7. The van der Waals surface area contributed by atoms with Crippen LogP contribution in [0.15, 0.2) is 64.3 Å². The topological polar surface area (TPSA) is 92.9 Å². The summed E-state index contributed by atoms with van der Waals surface area (Å²) in [6.07, 6.45) is 0. The van der Waals surface area contributed by atoms with E-state index in [2.05, 4.69) is 4.98 Å². The number of hydrogen-bond donors (Lipinski definition) is 1. The largest absolute Gasteiger partial charge is 0.503 e. The van der Waals surface area contributed by atoms with Crippen LogP contribution in [0.25, 0.3) is 11.0 Å². The van der Waals surface area contributed by atoms with Crippen LogP contribution in [0.4, 0.5) is 5.13 Å². The predicted molar refractivity (Wildman–Crippen MR) is 130 cm³/mol. The van der Waals surface area contributed by atoms with Crippen LogP contribution in [0.3, 0.4) is 0 Å². The van der Waals surface area contributed by atoms with Crippen LogP contribution in [0.1, 0.15) is 32.7 Å². The molecule has 9 heteroatoms. The molecule has 0 radical (unpaired) electrons. The number of nitrogens with zero attached hydrogens (tertiary/aromatic N) is 2. The van der Waals surface area contributed by atoms with Crippen molar-refractivity contribution in [1.29, 1.82) is 0 Å². The number of ether oxygens (including phenoxy) is 1. The minimum atomic E-state index is -0.905. The number of ketones is 1. The second-order valence-electron chi connectivity index (χ2n) is 7.85. The van der Waals surface area contributed by atoms with E-state index in [1.165, 1.54) is 23.3 Å². The maximum atomic E-state index is 13.7. The van der Waals surface area contributed by atoms with E-state index in [0.717, 1.165) is 10.6 Å². The highest BCUT2D eigenvalue weighted by Gasteiger charge is 2.46. The first-order valence-corrected chi connectivity index (χ1v) is 11.6. The number of rotatable bonds is 5. The summed E-state index contributed by atoms with van der Waals surface area (Å²) in [5, 5.41) is 12.5. The van der Waals surface area contributed by atoms with Crippen molar-refractivity contribution in [2.75, 3.05) is 12.0 Å². The number of aliphatic hydroxyl groups is 1. The first-order chi connectivity index (χ1) is 16.3. The summed E-state index contributed by atoms with van der Waals surface area (Å²) in [5.74, 6) is -1.48. The van der Waals surface area contributed by atoms with Crippen molar-refractivity contribution in [1.82, 2.24) is 4.98 Å². The second-order valence-corrected chi connectivity index (χ2v) is 9.47. The number of aromatic nitrogens is 1. The molecule has 0 fully saturated rings. The molecule has 3 heterocycles. The Labute approximate surface area is 203 Å². The first-order valence-electron chi connectivity index (χ1n) is 10.4. The number of fused-ring (bicyclic) bond motifs is 1. The summed E-state index contributed by atoms with van der Waals surface area (Å²) in [7, 11) is 1.51. The molecular formula is C25H19ClN2O5S. The molecule has 5 rings (SSSR count). The van der Waals surface area contributed by atoms with Crippen LogP contribution < -0.4 is 9.64 Å². The summed E-state index contributed by atoms with van der Waals surface area (Å²) < 4.78 is 11.2. The third-order valence-corrected chi connectivity index (χ3v) is 7.14. The van der Waals surface area contributed by atoms with Crippen molar-refractivity contribution in [2.24, 2.45) is 0 Å². The van der Waals surface area contributed by atoms with Crippen molar-refractivity contribution >= 4 is 50.7 Å². The van der Waals surface area contributed by atoms with Gasteiger partial charge in [0, 0.05) is 15.3 Å². The fourth-order valence-corrected chi connectivity index (χ4v) is 5.06. The van der Waals surface area contributed by atoms with Gasteiger partial charge in [-0.15, -0.1) is 11.3 Å². The minimum absolute atomic E-state index is 0.0128. The zero-order valence-electron chi connectivity index (χ0n) is 18.5. The average Bonchev–Trinajstić information content (AvgIpc) is 3.48. The van der Waals surface area contributed by atoms with Crippen LogP contribution in [0.2, 0.25) is 5.02 Å². The fraction of sp³-hybridized carbons (Fsp3) is 0.160. The smallest absolute Gasteiger partial charge is 0.296 e. The summed E-state index contributed by atoms with van der Waals surface area (Å²) in [4.78, 5) is 33.7. The lowest BCUT2D eigenvalue weighted by molar-refractivity contribution is -0.117. The van der Waals surface area contributed by atoms with Crippen molar-refractivity contribution in [3.63, 3.8) is 0 Å². The van der Waals surface area contributed by atoms with Crippen molar-refractivity contribution in [2.45, 2.75) is 19.9 Å². The molecule has 7 nitrogen and oxygen atoms in total. The highest BCUT2D eigenvalue weighted by Crippen LogP contribution is 2.44. The molecule has 2 aromatic heterocycles. The molecule has 1 aliphatic heterocycles. The first kappa shape index (κ1) is 22.2. The van der Waals surface area contributed by atoms with Gasteiger partial charge in [0.1, 0.15) is 0 Å². The van der Waals surface area contributed by atoms with Crippen LogP contribution in [0, 0.1) is 13.8 Å². The number of hydrogen-bond acceptors (Lipinski definition) is 7. The van der Waals surface area contributed by atoms with E-state index in [-0.39, 0.29) is 11.3 Å². The number of methoxy groups -OCH3 is 1. The number of furan rings is 1. The normalized spacial score (nSPS) is 16.1. The number of anilines is 1. The average molecular weight is 495 g/mol.